The van der Waals surface area contributed by atoms with Gasteiger partial charge in [-0.05, 0) is 25.1 Å². The largest absolute Gasteiger partial charge is 0.360 e. The summed E-state index contributed by atoms with van der Waals surface area (Å²) in [5.74, 6) is -1.50. The Bertz CT molecular complexity index is 985. The van der Waals surface area contributed by atoms with Crippen molar-refractivity contribution in [2.24, 2.45) is 0 Å². The van der Waals surface area contributed by atoms with Gasteiger partial charge in [0.2, 0.25) is 0 Å². The number of rotatable bonds is 2. The molecule has 6 nitrogen and oxygen atoms in total. The molecule has 0 saturated heterocycles. The maximum Gasteiger partial charge on any atom is 0.274 e. The topological polar surface area (TPSA) is 72.1 Å². The highest BCUT2D eigenvalue weighted by Gasteiger charge is 2.29. The third-order valence-electron chi connectivity index (χ3n) is 4.31. The zero-order valence-corrected chi connectivity index (χ0v) is 13.9. The summed E-state index contributed by atoms with van der Waals surface area (Å²) >= 11 is 0. The summed E-state index contributed by atoms with van der Waals surface area (Å²) in [6.07, 6.45) is 3.46. The molecule has 0 radical (unpaired) electrons. The van der Waals surface area contributed by atoms with Gasteiger partial charge in [0.25, 0.3) is 5.91 Å². The lowest BCUT2D eigenvalue weighted by molar-refractivity contribution is 0.0722. The van der Waals surface area contributed by atoms with Crippen molar-refractivity contribution in [3.8, 4) is 11.3 Å². The van der Waals surface area contributed by atoms with Crippen molar-refractivity contribution in [2.45, 2.75) is 19.9 Å². The monoisotopic (exact) mass is 356 g/mol. The lowest BCUT2D eigenvalue weighted by atomic mass is 10.0. The predicted molar refractivity (Wildman–Crippen MR) is 87.1 cm³/mol. The van der Waals surface area contributed by atoms with Gasteiger partial charge in [-0.25, -0.2) is 13.8 Å². The summed E-state index contributed by atoms with van der Waals surface area (Å²) in [6.45, 7) is 2.50. The Labute approximate surface area is 147 Å². The minimum atomic E-state index is -0.960. The third-order valence-corrected chi connectivity index (χ3v) is 4.31. The van der Waals surface area contributed by atoms with Gasteiger partial charge < -0.3 is 9.42 Å². The van der Waals surface area contributed by atoms with E-state index in [2.05, 4.69) is 15.1 Å². The van der Waals surface area contributed by atoms with Crippen molar-refractivity contribution in [1.82, 2.24) is 20.0 Å². The van der Waals surface area contributed by atoms with Crippen molar-refractivity contribution in [2.75, 3.05) is 6.54 Å². The van der Waals surface area contributed by atoms with Gasteiger partial charge in [-0.1, -0.05) is 5.16 Å². The first-order chi connectivity index (χ1) is 12.5. The Hall–Kier alpha value is -3.16. The van der Waals surface area contributed by atoms with E-state index in [0.29, 0.717) is 35.5 Å². The van der Waals surface area contributed by atoms with Crippen LogP contribution in [0.5, 0.6) is 0 Å². The van der Waals surface area contributed by atoms with E-state index in [4.69, 9.17) is 4.52 Å². The SMILES string of the molecule is Cc1cnc(C(=O)N2CCc3onc(-c4ccc(F)c(F)c4)c3C2)cn1. The van der Waals surface area contributed by atoms with E-state index in [1.807, 2.05) is 0 Å². The summed E-state index contributed by atoms with van der Waals surface area (Å²) in [4.78, 5) is 22.5. The van der Waals surface area contributed by atoms with Crippen LogP contribution in [0.15, 0.2) is 35.1 Å². The van der Waals surface area contributed by atoms with Crippen LogP contribution in [-0.2, 0) is 13.0 Å². The Kier molecular flexibility index (Phi) is 3.95. The molecule has 0 saturated carbocycles. The van der Waals surface area contributed by atoms with Crippen LogP contribution in [0, 0.1) is 18.6 Å². The smallest absolute Gasteiger partial charge is 0.274 e. The Morgan fingerprint density at radius 1 is 1.19 bits per heavy atom. The summed E-state index contributed by atoms with van der Waals surface area (Å²) in [5, 5.41) is 3.99. The second-order valence-electron chi connectivity index (χ2n) is 6.08. The molecule has 1 amide bonds. The van der Waals surface area contributed by atoms with Gasteiger partial charge in [0, 0.05) is 30.3 Å². The summed E-state index contributed by atoms with van der Waals surface area (Å²) in [7, 11) is 0. The molecule has 8 heteroatoms. The molecule has 4 rings (SSSR count). The molecule has 132 valence electrons. The second kappa shape index (κ2) is 6.29. The van der Waals surface area contributed by atoms with Crippen molar-refractivity contribution in [3.63, 3.8) is 0 Å². The second-order valence-corrected chi connectivity index (χ2v) is 6.08. The molecule has 0 aliphatic carbocycles. The van der Waals surface area contributed by atoms with Crippen LogP contribution in [0.25, 0.3) is 11.3 Å². The normalized spacial score (nSPS) is 13.6. The van der Waals surface area contributed by atoms with Gasteiger partial charge in [0.1, 0.15) is 17.1 Å². The number of benzene rings is 1. The quantitative estimate of drug-likeness (QED) is 0.706. The fourth-order valence-corrected chi connectivity index (χ4v) is 2.92. The first-order valence-electron chi connectivity index (χ1n) is 8.03. The minimum Gasteiger partial charge on any atom is -0.360 e. The number of carbonyl (C=O) groups excluding carboxylic acids is 1. The molecule has 0 spiro atoms. The first-order valence-corrected chi connectivity index (χ1v) is 8.03. The molecule has 0 fully saturated rings. The number of fused-ring (bicyclic) bond motifs is 1. The number of nitrogens with zero attached hydrogens (tertiary/aromatic N) is 4. The molecule has 0 bridgehead atoms. The summed E-state index contributed by atoms with van der Waals surface area (Å²) in [6, 6.07) is 3.54. The fourth-order valence-electron chi connectivity index (χ4n) is 2.92. The van der Waals surface area contributed by atoms with Crippen molar-refractivity contribution < 1.29 is 18.1 Å². The number of hydrogen-bond acceptors (Lipinski definition) is 5. The van der Waals surface area contributed by atoms with Gasteiger partial charge in [-0.2, -0.15) is 0 Å². The van der Waals surface area contributed by atoms with Crippen LogP contribution in [0.1, 0.15) is 27.5 Å². The molecule has 0 atom stereocenters. The Morgan fingerprint density at radius 2 is 2.04 bits per heavy atom. The Morgan fingerprint density at radius 3 is 2.77 bits per heavy atom. The van der Waals surface area contributed by atoms with Crippen LogP contribution < -0.4 is 0 Å². The lowest BCUT2D eigenvalue weighted by Gasteiger charge is -2.25. The van der Waals surface area contributed by atoms with E-state index in [9.17, 15) is 13.6 Å². The first kappa shape index (κ1) is 16.3. The summed E-state index contributed by atoms with van der Waals surface area (Å²) in [5.41, 5.74) is 2.48. The van der Waals surface area contributed by atoms with Gasteiger partial charge in [0.15, 0.2) is 11.6 Å². The Balaban J connectivity index is 1.64. The zero-order chi connectivity index (χ0) is 18.3. The van der Waals surface area contributed by atoms with Crippen molar-refractivity contribution in [1.29, 1.82) is 0 Å². The third kappa shape index (κ3) is 2.83. The van der Waals surface area contributed by atoms with Gasteiger partial charge in [0.05, 0.1) is 18.4 Å². The van der Waals surface area contributed by atoms with E-state index in [0.717, 1.165) is 17.8 Å². The minimum absolute atomic E-state index is 0.249. The maximum atomic E-state index is 13.5. The molecular weight excluding hydrogens is 342 g/mol. The average Bonchev–Trinajstić information content (AvgIpc) is 3.07. The molecule has 3 aromatic rings. The van der Waals surface area contributed by atoms with Crippen LogP contribution in [-0.4, -0.2) is 32.5 Å². The van der Waals surface area contributed by atoms with Crippen LogP contribution in [0.3, 0.4) is 0 Å². The summed E-state index contributed by atoms with van der Waals surface area (Å²) < 4.78 is 32.1. The van der Waals surface area contributed by atoms with E-state index in [1.54, 1.807) is 11.8 Å². The maximum absolute atomic E-state index is 13.5. The molecule has 1 aromatic carbocycles. The number of carbonyl (C=O) groups is 1. The molecule has 3 heterocycles. The lowest BCUT2D eigenvalue weighted by Crippen LogP contribution is -2.36. The highest BCUT2D eigenvalue weighted by Crippen LogP contribution is 2.31. The number of halogens is 2. The molecule has 1 aliphatic rings. The van der Waals surface area contributed by atoms with Crippen molar-refractivity contribution >= 4 is 5.91 Å². The van der Waals surface area contributed by atoms with Crippen LogP contribution >= 0.6 is 0 Å². The van der Waals surface area contributed by atoms with E-state index >= 15 is 0 Å². The molecule has 0 N–H and O–H groups in total. The number of aryl methyl sites for hydroxylation is 1. The average molecular weight is 356 g/mol. The fraction of sp³-hybridized carbons (Fsp3) is 0.222. The van der Waals surface area contributed by atoms with Crippen LogP contribution in [0.4, 0.5) is 8.78 Å². The van der Waals surface area contributed by atoms with E-state index < -0.39 is 11.6 Å². The van der Waals surface area contributed by atoms with E-state index in [1.165, 1.54) is 18.5 Å². The number of hydrogen-bond donors (Lipinski definition) is 0. The van der Waals surface area contributed by atoms with Gasteiger partial charge in [-0.15, -0.1) is 0 Å². The van der Waals surface area contributed by atoms with Gasteiger partial charge in [-0.3, -0.25) is 9.78 Å². The molecule has 26 heavy (non-hydrogen) atoms. The molecule has 0 unspecified atom stereocenters. The number of amides is 1. The molecule has 1 aliphatic heterocycles. The van der Waals surface area contributed by atoms with Crippen molar-refractivity contribution in [3.05, 3.63) is 64.9 Å². The highest BCUT2D eigenvalue weighted by molar-refractivity contribution is 5.92. The van der Waals surface area contributed by atoms with E-state index in [-0.39, 0.29) is 18.1 Å². The zero-order valence-electron chi connectivity index (χ0n) is 13.9. The standard InChI is InChI=1S/C18H14F2N4O2/c1-10-7-22-15(8-21-10)18(25)24-5-4-16-12(9-24)17(23-26-16)11-2-3-13(19)14(20)6-11/h2-3,6-8H,4-5,9H2,1H3. The highest BCUT2D eigenvalue weighted by atomic mass is 19.2. The molecular formula is C18H14F2N4O2. The van der Waals surface area contributed by atoms with Gasteiger partial charge >= 0.3 is 0 Å². The molecule has 2 aromatic heterocycles. The van der Waals surface area contributed by atoms with Crippen LogP contribution in [0.2, 0.25) is 0 Å². The number of aromatic nitrogens is 3. The predicted octanol–water partition coefficient (Wildman–Crippen LogP) is 2.92.